The summed E-state index contributed by atoms with van der Waals surface area (Å²) in [7, 11) is 0. The van der Waals surface area contributed by atoms with E-state index in [0.717, 1.165) is 6.54 Å². The Bertz CT molecular complexity index is 354. The largest absolute Gasteiger partial charge is 0.491 e. The van der Waals surface area contributed by atoms with E-state index in [2.05, 4.69) is 19.2 Å². The van der Waals surface area contributed by atoms with Crippen molar-refractivity contribution in [3.63, 3.8) is 0 Å². The molecule has 0 aliphatic carbocycles. The normalized spacial score (nSPS) is 23.4. The molecule has 1 atom stereocenters. The van der Waals surface area contributed by atoms with Gasteiger partial charge in [0.2, 0.25) is 0 Å². The van der Waals surface area contributed by atoms with Crippen molar-refractivity contribution < 1.29 is 13.9 Å². The van der Waals surface area contributed by atoms with Crippen LogP contribution in [-0.4, -0.2) is 31.4 Å². The summed E-state index contributed by atoms with van der Waals surface area (Å²) in [5, 5.41) is 3.39. The molecule has 1 aliphatic heterocycles. The summed E-state index contributed by atoms with van der Waals surface area (Å²) in [4.78, 5) is 0. The highest BCUT2D eigenvalue weighted by atomic mass is 19.1. The maximum atomic E-state index is 12.7. The molecule has 94 valence electrons. The summed E-state index contributed by atoms with van der Waals surface area (Å²) in [6.45, 7) is 6.13. The molecule has 0 spiro atoms. The van der Waals surface area contributed by atoms with Crippen molar-refractivity contribution in [3.05, 3.63) is 30.1 Å². The van der Waals surface area contributed by atoms with Crippen LogP contribution in [0.1, 0.15) is 13.8 Å². The Hall–Kier alpha value is -1.13. The lowest BCUT2D eigenvalue weighted by atomic mass is 10.1. The number of benzene rings is 1. The summed E-state index contributed by atoms with van der Waals surface area (Å²) < 4.78 is 23.9. The lowest BCUT2D eigenvalue weighted by Crippen LogP contribution is -2.54. The molecule has 3 nitrogen and oxygen atoms in total. The van der Waals surface area contributed by atoms with Crippen LogP contribution < -0.4 is 10.1 Å². The van der Waals surface area contributed by atoms with E-state index in [1.165, 1.54) is 12.1 Å². The smallest absolute Gasteiger partial charge is 0.123 e. The average Bonchev–Trinajstić information content (AvgIpc) is 2.30. The van der Waals surface area contributed by atoms with Gasteiger partial charge in [-0.15, -0.1) is 0 Å². The second-order valence-electron chi connectivity index (χ2n) is 4.96. The summed E-state index contributed by atoms with van der Waals surface area (Å²) in [6, 6.07) is 6.02. The molecule has 1 saturated heterocycles. The number of halogens is 1. The van der Waals surface area contributed by atoms with Gasteiger partial charge in [-0.25, -0.2) is 4.39 Å². The fraction of sp³-hybridized carbons (Fsp3) is 0.538. The molecule has 0 amide bonds. The van der Waals surface area contributed by atoms with Gasteiger partial charge in [0.15, 0.2) is 0 Å². The number of nitrogens with one attached hydrogen (secondary N) is 1. The van der Waals surface area contributed by atoms with E-state index in [0.29, 0.717) is 19.0 Å². The number of morpholine rings is 1. The van der Waals surface area contributed by atoms with Gasteiger partial charge in [-0.3, -0.25) is 0 Å². The van der Waals surface area contributed by atoms with Crippen LogP contribution in [0, 0.1) is 5.82 Å². The number of hydrogen-bond acceptors (Lipinski definition) is 3. The van der Waals surface area contributed by atoms with E-state index < -0.39 is 0 Å². The molecule has 1 fully saturated rings. The highest BCUT2D eigenvalue weighted by Crippen LogP contribution is 2.14. The van der Waals surface area contributed by atoms with Gasteiger partial charge in [-0.2, -0.15) is 0 Å². The summed E-state index contributed by atoms with van der Waals surface area (Å²) in [5.41, 5.74) is 0.0341. The Morgan fingerprint density at radius 3 is 2.71 bits per heavy atom. The van der Waals surface area contributed by atoms with E-state index >= 15 is 0 Å². The molecule has 2 rings (SSSR count). The third-order valence-electron chi connectivity index (χ3n) is 2.74. The van der Waals surface area contributed by atoms with Crippen LogP contribution in [-0.2, 0) is 4.74 Å². The van der Waals surface area contributed by atoms with E-state index in [-0.39, 0.29) is 17.5 Å². The third-order valence-corrected chi connectivity index (χ3v) is 2.74. The fourth-order valence-electron chi connectivity index (χ4n) is 1.65. The highest BCUT2D eigenvalue weighted by Gasteiger charge is 2.26. The summed E-state index contributed by atoms with van der Waals surface area (Å²) in [6.07, 6.45) is 0.0491. The molecule has 0 bridgehead atoms. The molecular weight excluding hydrogens is 221 g/mol. The van der Waals surface area contributed by atoms with Crippen LogP contribution >= 0.6 is 0 Å². The molecule has 0 aromatic heterocycles. The van der Waals surface area contributed by atoms with Crippen molar-refractivity contribution in [2.24, 2.45) is 0 Å². The molecule has 0 radical (unpaired) electrons. The second kappa shape index (κ2) is 5.02. The third kappa shape index (κ3) is 3.68. The molecule has 0 saturated carbocycles. The Balaban J connectivity index is 1.78. The molecule has 1 aromatic rings. The minimum absolute atomic E-state index is 0.0341. The zero-order chi connectivity index (χ0) is 12.3. The van der Waals surface area contributed by atoms with E-state index in [9.17, 15) is 4.39 Å². The first-order valence-corrected chi connectivity index (χ1v) is 5.80. The fourth-order valence-corrected chi connectivity index (χ4v) is 1.65. The molecule has 1 unspecified atom stereocenters. The van der Waals surface area contributed by atoms with E-state index in [1.807, 2.05) is 0 Å². The maximum absolute atomic E-state index is 12.7. The van der Waals surface area contributed by atoms with Crippen molar-refractivity contribution in [1.29, 1.82) is 0 Å². The number of hydrogen-bond donors (Lipinski definition) is 1. The lowest BCUT2D eigenvalue weighted by molar-refractivity contribution is -0.0412. The monoisotopic (exact) mass is 239 g/mol. The molecule has 1 aromatic carbocycles. The number of ether oxygens (including phenoxy) is 2. The van der Waals surface area contributed by atoms with Gasteiger partial charge in [0.25, 0.3) is 0 Å². The van der Waals surface area contributed by atoms with Gasteiger partial charge in [0.05, 0.1) is 6.61 Å². The van der Waals surface area contributed by atoms with Crippen LogP contribution in [0.25, 0.3) is 0 Å². The molecular formula is C13H18FNO2. The zero-order valence-electron chi connectivity index (χ0n) is 10.2. The van der Waals surface area contributed by atoms with Crippen molar-refractivity contribution in [2.45, 2.75) is 25.5 Å². The van der Waals surface area contributed by atoms with Crippen molar-refractivity contribution in [1.82, 2.24) is 5.32 Å². The van der Waals surface area contributed by atoms with Crippen LogP contribution in [0.3, 0.4) is 0 Å². The lowest BCUT2D eigenvalue weighted by Gasteiger charge is -2.35. The Kier molecular flexibility index (Phi) is 3.64. The van der Waals surface area contributed by atoms with Gasteiger partial charge in [0.1, 0.15) is 24.3 Å². The van der Waals surface area contributed by atoms with Gasteiger partial charge < -0.3 is 14.8 Å². The van der Waals surface area contributed by atoms with Gasteiger partial charge >= 0.3 is 0 Å². The highest BCUT2D eigenvalue weighted by molar-refractivity contribution is 5.22. The first-order valence-electron chi connectivity index (χ1n) is 5.80. The Labute approximate surface area is 101 Å². The number of rotatable bonds is 3. The van der Waals surface area contributed by atoms with Crippen LogP contribution in [0.5, 0.6) is 5.75 Å². The van der Waals surface area contributed by atoms with Gasteiger partial charge in [-0.1, -0.05) is 0 Å². The van der Waals surface area contributed by atoms with Crippen LogP contribution in [0.2, 0.25) is 0 Å². The molecule has 4 heteroatoms. The van der Waals surface area contributed by atoms with Crippen LogP contribution in [0.15, 0.2) is 24.3 Å². The minimum atomic E-state index is -0.255. The topological polar surface area (TPSA) is 30.5 Å². The van der Waals surface area contributed by atoms with Gasteiger partial charge in [-0.05, 0) is 38.1 Å². The second-order valence-corrected chi connectivity index (χ2v) is 4.96. The van der Waals surface area contributed by atoms with E-state index in [1.54, 1.807) is 12.1 Å². The summed E-state index contributed by atoms with van der Waals surface area (Å²) in [5.74, 6) is 0.412. The Morgan fingerprint density at radius 1 is 1.41 bits per heavy atom. The van der Waals surface area contributed by atoms with Crippen LogP contribution in [0.4, 0.5) is 4.39 Å². The minimum Gasteiger partial charge on any atom is -0.491 e. The predicted octanol–water partition coefficient (Wildman–Crippen LogP) is 1.97. The van der Waals surface area contributed by atoms with Gasteiger partial charge in [0, 0.05) is 12.1 Å². The van der Waals surface area contributed by atoms with Crippen molar-refractivity contribution in [2.75, 3.05) is 19.8 Å². The molecule has 1 N–H and O–H groups in total. The van der Waals surface area contributed by atoms with E-state index in [4.69, 9.17) is 9.47 Å². The van der Waals surface area contributed by atoms with Crippen molar-refractivity contribution in [3.8, 4) is 5.75 Å². The first kappa shape index (κ1) is 12.3. The SMILES string of the molecule is CC1(C)COC(COc2ccc(F)cc2)CN1. The Morgan fingerprint density at radius 2 is 2.12 bits per heavy atom. The zero-order valence-corrected chi connectivity index (χ0v) is 10.2. The maximum Gasteiger partial charge on any atom is 0.123 e. The quantitative estimate of drug-likeness (QED) is 0.874. The average molecular weight is 239 g/mol. The molecule has 1 heterocycles. The molecule has 17 heavy (non-hydrogen) atoms. The summed E-state index contributed by atoms with van der Waals surface area (Å²) >= 11 is 0. The standard InChI is InChI=1S/C13H18FNO2/c1-13(2)9-17-12(7-15-13)8-16-11-5-3-10(14)4-6-11/h3-6,12,15H,7-9H2,1-2H3. The predicted molar refractivity (Wildman–Crippen MR) is 63.7 cm³/mol. The van der Waals surface area contributed by atoms with Crippen molar-refractivity contribution >= 4 is 0 Å². The first-order chi connectivity index (χ1) is 8.05. The molecule has 1 aliphatic rings.